The Morgan fingerprint density at radius 3 is 2.71 bits per heavy atom. The highest BCUT2D eigenvalue weighted by Gasteiger charge is 2.10. The molecule has 94 valence electrons. The molecule has 1 aromatic rings. The second-order valence-electron chi connectivity index (χ2n) is 3.89. The van der Waals surface area contributed by atoms with Crippen LogP contribution in [0.4, 0.5) is 4.79 Å². The molecule has 0 saturated carbocycles. The Kier molecular flexibility index (Phi) is 6.10. The quantitative estimate of drug-likeness (QED) is 0.794. The number of rotatable bonds is 6. The zero-order valence-corrected chi connectivity index (χ0v) is 10.2. The first-order chi connectivity index (χ1) is 8.26. The van der Waals surface area contributed by atoms with Crippen molar-refractivity contribution in [3.8, 4) is 0 Å². The molecule has 0 aromatic heterocycles. The molecule has 1 rings (SSSR count). The van der Waals surface area contributed by atoms with Crippen molar-refractivity contribution in [1.29, 1.82) is 0 Å². The summed E-state index contributed by atoms with van der Waals surface area (Å²) >= 11 is 0. The summed E-state index contributed by atoms with van der Waals surface area (Å²) in [7, 11) is 0. The van der Waals surface area contributed by atoms with Crippen molar-refractivity contribution >= 4 is 6.09 Å². The number of hydrogen-bond donors (Lipinski definition) is 2. The van der Waals surface area contributed by atoms with Crippen LogP contribution in [0.5, 0.6) is 0 Å². The molecule has 0 radical (unpaired) electrons. The fourth-order valence-electron chi connectivity index (χ4n) is 1.51. The molecule has 0 bridgehead atoms. The van der Waals surface area contributed by atoms with Gasteiger partial charge in [0.25, 0.3) is 0 Å². The number of nitrogens with one attached hydrogen (secondary N) is 1. The predicted molar refractivity (Wildman–Crippen MR) is 67.5 cm³/mol. The molecule has 0 unspecified atom stereocenters. The number of alkyl carbamates (subject to hydrolysis) is 1. The lowest BCUT2D eigenvalue weighted by Crippen LogP contribution is -2.36. The van der Waals surface area contributed by atoms with Crippen LogP contribution in [0.15, 0.2) is 30.3 Å². The molecule has 1 aromatic carbocycles. The number of amides is 1. The topological polar surface area (TPSA) is 64.3 Å². The van der Waals surface area contributed by atoms with E-state index in [-0.39, 0.29) is 12.1 Å². The number of hydrogen-bond acceptors (Lipinski definition) is 3. The molecule has 0 aliphatic heterocycles. The van der Waals surface area contributed by atoms with Crippen molar-refractivity contribution in [2.45, 2.75) is 32.4 Å². The second kappa shape index (κ2) is 7.68. The maximum atomic E-state index is 11.5. The lowest BCUT2D eigenvalue weighted by atomic mass is 10.1. The van der Waals surface area contributed by atoms with Crippen molar-refractivity contribution in [3.63, 3.8) is 0 Å². The average molecular weight is 236 g/mol. The number of carbonyl (C=O) groups excluding carboxylic acids is 1. The van der Waals surface area contributed by atoms with Crippen molar-refractivity contribution in [2.24, 2.45) is 5.73 Å². The minimum atomic E-state index is -0.380. The van der Waals surface area contributed by atoms with Crippen molar-refractivity contribution in [3.05, 3.63) is 35.9 Å². The van der Waals surface area contributed by atoms with E-state index >= 15 is 0 Å². The van der Waals surface area contributed by atoms with Crippen molar-refractivity contribution < 1.29 is 9.53 Å². The first-order valence-corrected chi connectivity index (χ1v) is 5.93. The summed E-state index contributed by atoms with van der Waals surface area (Å²) in [6, 6.07) is 9.70. The number of carbonyl (C=O) groups is 1. The summed E-state index contributed by atoms with van der Waals surface area (Å²) in [6.45, 7) is 2.88. The second-order valence-corrected chi connectivity index (χ2v) is 3.89. The lowest BCUT2D eigenvalue weighted by Gasteiger charge is -2.15. The third-order valence-corrected chi connectivity index (χ3v) is 2.54. The normalized spacial score (nSPS) is 11.9. The molecule has 3 N–H and O–H groups in total. The van der Waals surface area contributed by atoms with Crippen LogP contribution in [-0.2, 0) is 11.3 Å². The fourth-order valence-corrected chi connectivity index (χ4v) is 1.51. The third-order valence-electron chi connectivity index (χ3n) is 2.54. The van der Waals surface area contributed by atoms with Gasteiger partial charge < -0.3 is 15.8 Å². The van der Waals surface area contributed by atoms with Gasteiger partial charge in [0.1, 0.15) is 6.61 Å². The van der Waals surface area contributed by atoms with Crippen LogP contribution in [0.25, 0.3) is 0 Å². The number of nitrogens with two attached hydrogens (primary N) is 1. The molecular formula is C13H20N2O2. The zero-order chi connectivity index (χ0) is 12.5. The van der Waals surface area contributed by atoms with E-state index in [0.29, 0.717) is 13.2 Å². The molecule has 17 heavy (non-hydrogen) atoms. The SMILES string of the molecule is CC[C@H](CCN)NC(=O)OCc1ccccc1. The summed E-state index contributed by atoms with van der Waals surface area (Å²) in [5.41, 5.74) is 6.43. The highest BCUT2D eigenvalue weighted by atomic mass is 16.5. The van der Waals surface area contributed by atoms with E-state index < -0.39 is 0 Å². The molecule has 1 amide bonds. The Morgan fingerprint density at radius 1 is 1.41 bits per heavy atom. The molecule has 0 aliphatic rings. The first kappa shape index (κ1) is 13.5. The molecule has 4 heteroatoms. The average Bonchev–Trinajstić information content (AvgIpc) is 2.37. The third kappa shape index (κ3) is 5.36. The molecular weight excluding hydrogens is 216 g/mol. The maximum absolute atomic E-state index is 11.5. The van der Waals surface area contributed by atoms with E-state index in [2.05, 4.69) is 5.32 Å². The molecule has 4 nitrogen and oxygen atoms in total. The van der Waals surface area contributed by atoms with Crippen LogP contribution in [0.1, 0.15) is 25.3 Å². The number of benzene rings is 1. The standard InChI is InChI=1S/C13H20N2O2/c1-2-12(8-9-14)15-13(16)17-10-11-6-4-3-5-7-11/h3-7,12H,2,8-10,14H2,1H3,(H,15,16)/t12-/m1/s1. The van der Waals surface area contributed by atoms with Gasteiger partial charge in [-0.2, -0.15) is 0 Å². The molecule has 1 atom stereocenters. The summed E-state index contributed by atoms with van der Waals surface area (Å²) in [4.78, 5) is 11.5. The smallest absolute Gasteiger partial charge is 0.407 e. The Morgan fingerprint density at radius 2 is 2.12 bits per heavy atom. The Labute approximate surface area is 102 Å². The van der Waals surface area contributed by atoms with Crippen LogP contribution >= 0.6 is 0 Å². The minimum absolute atomic E-state index is 0.100. The summed E-state index contributed by atoms with van der Waals surface area (Å²) in [5.74, 6) is 0. The van der Waals surface area contributed by atoms with E-state index in [1.807, 2.05) is 37.3 Å². The van der Waals surface area contributed by atoms with Crippen LogP contribution in [0, 0.1) is 0 Å². The Bertz CT molecular complexity index is 327. The van der Waals surface area contributed by atoms with Gasteiger partial charge in [0.15, 0.2) is 0 Å². The van der Waals surface area contributed by atoms with Crippen molar-refractivity contribution in [2.75, 3.05) is 6.54 Å². The zero-order valence-electron chi connectivity index (χ0n) is 10.2. The first-order valence-electron chi connectivity index (χ1n) is 5.93. The van der Waals surface area contributed by atoms with Gasteiger partial charge in [-0.15, -0.1) is 0 Å². The summed E-state index contributed by atoms with van der Waals surface area (Å²) < 4.78 is 5.12. The van der Waals surface area contributed by atoms with Gasteiger partial charge >= 0.3 is 6.09 Å². The highest BCUT2D eigenvalue weighted by Crippen LogP contribution is 2.02. The van der Waals surface area contributed by atoms with E-state index in [4.69, 9.17) is 10.5 Å². The van der Waals surface area contributed by atoms with Gasteiger partial charge in [-0.05, 0) is 24.9 Å². The molecule has 0 saturated heterocycles. The van der Waals surface area contributed by atoms with Gasteiger partial charge in [-0.25, -0.2) is 4.79 Å². The Balaban J connectivity index is 2.30. The largest absolute Gasteiger partial charge is 0.445 e. The lowest BCUT2D eigenvalue weighted by molar-refractivity contribution is 0.135. The van der Waals surface area contributed by atoms with Crippen LogP contribution < -0.4 is 11.1 Å². The van der Waals surface area contributed by atoms with E-state index in [1.54, 1.807) is 0 Å². The van der Waals surface area contributed by atoms with Gasteiger partial charge in [-0.1, -0.05) is 37.3 Å². The van der Waals surface area contributed by atoms with Crippen LogP contribution in [0.3, 0.4) is 0 Å². The predicted octanol–water partition coefficient (Wildman–Crippen LogP) is 2.04. The molecule has 0 spiro atoms. The highest BCUT2D eigenvalue weighted by molar-refractivity contribution is 5.67. The minimum Gasteiger partial charge on any atom is -0.445 e. The van der Waals surface area contributed by atoms with Crippen molar-refractivity contribution in [1.82, 2.24) is 5.32 Å². The van der Waals surface area contributed by atoms with Gasteiger partial charge in [0.2, 0.25) is 0 Å². The van der Waals surface area contributed by atoms with Gasteiger partial charge in [0, 0.05) is 6.04 Å². The number of ether oxygens (including phenoxy) is 1. The van der Waals surface area contributed by atoms with Crippen LogP contribution in [0.2, 0.25) is 0 Å². The van der Waals surface area contributed by atoms with Gasteiger partial charge in [0.05, 0.1) is 0 Å². The molecule has 0 aliphatic carbocycles. The monoisotopic (exact) mass is 236 g/mol. The van der Waals surface area contributed by atoms with E-state index in [0.717, 1.165) is 18.4 Å². The molecule has 0 fully saturated rings. The summed E-state index contributed by atoms with van der Waals surface area (Å²) in [6.07, 6.45) is 1.25. The molecule has 0 heterocycles. The van der Waals surface area contributed by atoms with Gasteiger partial charge in [-0.3, -0.25) is 0 Å². The maximum Gasteiger partial charge on any atom is 0.407 e. The van der Waals surface area contributed by atoms with E-state index in [9.17, 15) is 4.79 Å². The summed E-state index contributed by atoms with van der Waals surface area (Å²) in [5, 5.41) is 2.80. The Hall–Kier alpha value is -1.55. The fraction of sp³-hybridized carbons (Fsp3) is 0.462. The van der Waals surface area contributed by atoms with Crippen LogP contribution in [-0.4, -0.2) is 18.7 Å². The van der Waals surface area contributed by atoms with E-state index in [1.165, 1.54) is 0 Å².